The summed E-state index contributed by atoms with van der Waals surface area (Å²) in [5.41, 5.74) is 16.7. The van der Waals surface area contributed by atoms with Gasteiger partial charge in [-0.15, -0.1) is 11.8 Å². The van der Waals surface area contributed by atoms with E-state index in [9.17, 15) is 0 Å². The van der Waals surface area contributed by atoms with Gasteiger partial charge in [0.1, 0.15) is 17.4 Å². The predicted octanol–water partition coefficient (Wildman–Crippen LogP) is 0.231. The van der Waals surface area contributed by atoms with Crippen molar-refractivity contribution in [1.29, 1.82) is 0 Å². The Balaban J connectivity index is 4.17. The zero-order valence-electron chi connectivity index (χ0n) is 8.36. The second-order valence-electron chi connectivity index (χ2n) is 2.54. The molecular weight excluding hydrogens is 198 g/mol. The molecule has 5 nitrogen and oxygen atoms in total. The molecule has 0 aromatic rings. The standard InChI is InChI=1S/C8H17N5S/c1-3-4-14-5-13-8(11)6(9)7(10)12-2/h2-5,9-10H2,1H3,(H2,11,13)/b7-6+. The summed E-state index contributed by atoms with van der Waals surface area (Å²) in [7, 11) is 0. The van der Waals surface area contributed by atoms with Crippen LogP contribution in [0.4, 0.5) is 0 Å². The monoisotopic (exact) mass is 215 g/mol. The second-order valence-corrected chi connectivity index (χ2v) is 3.61. The van der Waals surface area contributed by atoms with Crippen LogP contribution in [0.15, 0.2) is 21.5 Å². The van der Waals surface area contributed by atoms with E-state index in [4.69, 9.17) is 17.2 Å². The maximum Gasteiger partial charge on any atom is 0.149 e. The fourth-order valence-corrected chi connectivity index (χ4v) is 1.27. The minimum Gasteiger partial charge on any atom is -0.393 e. The van der Waals surface area contributed by atoms with Crippen molar-refractivity contribution in [3.8, 4) is 0 Å². The van der Waals surface area contributed by atoms with Crippen LogP contribution in [0, 0.1) is 0 Å². The maximum atomic E-state index is 5.56. The lowest BCUT2D eigenvalue weighted by molar-refractivity contribution is 1.10. The first-order valence-electron chi connectivity index (χ1n) is 4.23. The van der Waals surface area contributed by atoms with Gasteiger partial charge in [-0.2, -0.15) is 0 Å². The van der Waals surface area contributed by atoms with Crippen LogP contribution in [0.2, 0.25) is 0 Å². The smallest absolute Gasteiger partial charge is 0.149 e. The molecule has 0 aliphatic heterocycles. The van der Waals surface area contributed by atoms with Gasteiger partial charge in [0.05, 0.1) is 5.88 Å². The molecule has 0 atom stereocenters. The molecule has 0 aromatic carbocycles. The molecule has 0 spiro atoms. The van der Waals surface area contributed by atoms with Crippen molar-refractivity contribution in [1.82, 2.24) is 0 Å². The Bertz CT molecular complexity index is 246. The highest BCUT2D eigenvalue weighted by molar-refractivity contribution is 7.99. The number of thioether (sulfide) groups is 1. The van der Waals surface area contributed by atoms with Crippen LogP contribution >= 0.6 is 11.8 Å². The number of nitrogens with zero attached hydrogens (tertiary/aromatic N) is 2. The van der Waals surface area contributed by atoms with E-state index in [1.165, 1.54) is 0 Å². The summed E-state index contributed by atoms with van der Waals surface area (Å²) in [6.07, 6.45) is 1.11. The molecule has 0 heterocycles. The molecule has 0 rings (SSSR count). The van der Waals surface area contributed by atoms with Crippen LogP contribution in [0.1, 0.15) is 13.3 Å². The van der Waals surface area contributed by atoms with E-state index < -0.39 is 0 Å². The highest BCUT2D eigenvalue weighted by atomic mass is 32.2. The van der Waals surface area contributed by atoms with Crippen molar-refractivity contribution in [2.75, 3.05) is 11.6 Å². The second kappa shape index (κ2) is 7.25. The van der Waals surface area contributed by atoms with Gasteiger partial charge < -0.3 is 17.2 Å². The molecule has 0 aliphatic carbocycles. The van der Waals surface area contributed by atoms with E-state index in [1.54, 1.807) is 11.8 Å². The van der Waals surface area contributed by atoms with Gasteiger partial charge in [0.25, 0.3) is 0 Å². The molecule has 0 saturated carbocycles. The SMILES string of the molecule is C=N/C(N)=C(N)\C(N)=N/CSCCC. The van der Waals surface area contributed by atoms with Crippen LogP contribution in [0.3, 0.4) is 0 Å². The van der Waals surface area contributed by atoms with E-state index in [-0.39, 0.29) is 17.4 Å². The number of nitrogens with two attached hydrogens (primary N) is 3. The molecule has 0 aromatic heterocycles. The largest absolute Gasteiger partial charge is 0.393 e. The molecular formula is C8H17N5S. The average molecular weight is 215 g/mol. The lowest BCUT2D eigenvalue weighted by Gasteiger charge is -2.02. The molecule has 6 heteroatoms. The first-order valence-corrected chi connectivity index (χ1v) is 5.38. The fourth-order valence-electron chi connectivity index (χ4n) is 0.626. The zero-order valence-corrected chi connectivity index (χ0v) is 9.18. The lowest BCUT2D eigenvalue weighted by Crippen LogP contribution is -2.25. The molecule has 0 fully saturated rings. The Morgan fingerprint density at radius 3 is 2.50 bits per heavy atom. The summed E-state index contributed by atoms with van der Waals surface area (Å²) >= 11 is 1.69. The molecule has 6 N–H and O–H groups in total. The van der Waals surface area contributed by atoms with Crippen LogP contribution in [-0.4, -0.2) is 24.2 Å². The molecule has 0 aliphatic rings. The first-order chi connectivity index (χ1) is 6.63. The van der Waals surface area contributed by atoms with Gasteiger partial charge in [0, 0.05) is 0 Å². The summed E-state index contributed by atoms with van der Waals surface area (Å²) in [4.78, 5) is 7.51. The van der Waals surface area contributed by atoms with E-state index in [0.29, 0.717) is 5.88 Å². The Morgan fingerprint density at radius 2 is 2.00 bits per heavy atom. The Kier molecular flexibility index (Phi) is 6.65. The third-order valence-corrected chi connectivity index (χ3v) is 2.41. The van der Waals surface area contributed by atoms with E-state index in [0.717, 1.165) is 12.2 Å². The number of amidine groups is 1. The van der Waals surface area contributed by atoms with Crippen molar-refractivity contribution in [3.05, 3.63) is 11.5 Å². The zero-order chi connectivity index (χ0) is 11.0. The van der Waals surface area contributed by atoms with Crippen LogP contribution in [-0.2, 0) is 0 Å². The molecule has 0 amide bonds. The highest BCUT2D eigenvalue weighted by Crippen LogP contribution is 2.02. The Hall–Kier alpha value is -1.17. The van der Waals surface area contributed by atoms with Crippen molar-refractivity contribution in [2.45, 2.75) is 13.3 Å². The Morgan fingerprint density at radius 1 is 1.36 bits per heavy atom. The number of rotatable bonds is 6. The summed E-state index contributed by atoms with van der Waals surface area (Å²) in [5, 5.41) is 0. The van der Waals surface area contributed by atoms with Crippen molar-refractivity contribution >= 4 is 24.3 Å². The summed E-state index contributed by atoms with van der Waals surface area (Å²) in [5.74, 6) is 1.98. The lowest BCUT2D eigenvalue weighted by atomic mass is 10.4. The first kappa shape index (κ1) is 12.8. The summed E-state index contributed by atoms with van der Waals surface area (Å²) in [6.45, 7) is 5.35. The third-order valence-electron chi connectivity index (χ3n) is 1.40. The van der Waals surface area contributed by atoms with Gasteiger partial charge >= 0.3 is 0 Å². The molecule has 80 valence electrons. The van der Waals surface area contributed by atoms with Gasteiger partial charge in [0.2, 0.25) is 0 Å². The quantitative estimate of drug-likeness (QED) is 0.335. The van der Waals surface area contributed by atoms with E-state index in [2.05, 4.69) is 23.6 Å². The van der Waals surface area contributed by atoms with Gasteiger partial charge in [-0.3, -0.25) is 4.99 Å². The van der Waals surface area contributed by atoms with Crippen LogP contribution < -0.4 is 17.2 Å². The van der Waals surface area contributed by atoms with E-state index >= 15 is 0 Å². The summed E-state index contributed by atoms with van der Waals surface area (Å²) in [6, 6.07) is 0. The molecule has 14 heavy (non-hydrogen) atoms. The van der Waals surface area contributed by atoms with Gasteiger partial charge in [-0.1, -0.05) is 6.92 Å². The van der Waals surface area contributed by atoms with Crippen molar-refractivity contribution < 1.29 is 0 Å². The normalized spacial score (nSPS) is 13.6. The highest BCUT2D eigenvalue weighted by Gasteiger charge is 2.01. The number of hydrogen-bond donors (Lipinski definition) is 3. The van der Waals surface area contributed by atoms with Gasteiger partial charge in [-0.25, -0.2) is 4.99 Å². The Labute approximate surface area is 88.5 Å². The van der Waals surface area contributed by atoms with Gasteiger partial charge in [0.15, 0.2) is 0 Å². The minimum absolute atomic E-state index is 0.117. The number of hydrogen-bond acceptors (Lipinski definition) is 5. The van der Waals surface area contributed by atoms with Crippen molar-refractivity contribution in [2.24, 2.45) is 27.2 Å². The third kappa shape index (κ3) is 4.76. The minimum atomic E-state index is 0.117. The predicted molar refractivity (Wildman–Crippen MR) is 64.2 cm³/mol. The van der Waals surface area contributed by atoms with Crippen LogP contribution in [0.5, 0.6) is 0 Å². The fraction of sp³-hybridized carbons (Fsp3) is 0.500. The molecule has 0 bridgehead atoms. The van der Waals surface area contributed by atoms with E-state index in [1.807, 2.05) is 0 Å². The molecule has 0 saturated heterocycles. The maximum absolute atomic E-state index is 5.56. The average Bonchev–Trinajstić information content (AvgIpc) is 2.21. The topological polar surface area (TPSA) is 103 Å². The van der Waals surface area contributed by atoms with Crippen molar-refractivity contribution in [3.63, 3.8) is 0 Å². The van der Waals surface area contributed by atoms with Crippen LogP contribution in [0.25, 0.3) is 0 Å². The molecule has 0 unspecified atom stereocenters. The molecule has 0 radical (unpaired) electrons. The number of aliphatic imine (C=N–C) groups is 2. The van der Waals surface area contributed by atoms with Gasteiger partial charge in [-0.05, 0) is 18.9 Å². The summed E-state index contributed by atoms with van der Waals surface area (Å²) < 4.78 is 0.